The average molecular weight is 806 g/mol. The first-order valence-corrected chi connectivity index (χ1v) is 21.2. The van der Waals surface area contributed by atoms with E-state index in [1.807, 2.05) is 42.5 Å². The topological polar surface area (TPSA) is 61.7 Å². The number of hydrogen-bond donors (Lipinski definition) is 0. The summed E-state index contributed by atoms with van der Waals surface area (Å²) in [6.07, 6.45) is 0. The van der Waals surface area contributed by atoms with Gasteiger partial charge in [0.25, 0.3) is 0 Å². The lowest BCUT2D eigenvalue weighted by Crippen LogP contribution is -2.01. The molecule has 6 nitrogen and oxygen atoms in total. The Morgan fingerprint density at radius 2 is 0.825 bits per heavy atom. The zero-order valence-corrected chi connectivity index (χ0v) is 33.9. The van der Waals surface area contributed by atoms with E-state index in [1.165, 1.54) is 32.7 Å². The summed E-state index contributed by atoms with van der Waals surface area (Å²) in [5.74, 6) is 1.78. The van der Waals surface area contributed by atoms with E-state index in [1.54, 1.807) is 0 Å². The van der Waals surface area contributed by atoms with Crippen LogP contribution in [0.4, 0.5) is 0 Å². The van der Waals surface area contributed by atoms with Crippen LogP contribution in [0.1, 0.15) is 0 Å². The van der Waals surface area contributed by atoms with Crippen LogP contribution in [0.25, 0.3) is 122 Å². The Balaban J connectivity index is 0.994. The van der Waals surface area contributed by atoms with Crippen molar-refractivity contribution in [1.82, 2.24) is 24.1 Å². The molecular formula is C57H35N5O. The van der Waals surface area contributed by atoms with Gasteiger partial charge in [0.15, 0.2) is 17.5 Å². The van der Waals surface area contributed by atoms with Crippen molar-refractivity contribution in [2.24, 2.45) is 0 Å². The number of aromatic nitrogens is 5. The van der Waals surface area contributed by atoms with Gasteiger partial charge in [0.05, 0.1) is 22.1 Å². The van der Waals surface area contributed by atoms with Crippen LogP contribution in [0.3, 0.4) is 0 Å². The van der Waals surface area contributed by atoms with Gasteiger partial charge in [-0.2, -0.15) is 0 Å². The zero-order chi connectivity index (χ0) is 41.4. The van der Waals surface area contributed by atoms with E-state index in [0.717, 1.165) is 72.1 Å². The molecule has 0 aliphatic rings. The summed E-state index contributed by atoms with van der Waals surface area (Å²) < 4.78 is 11.4. The van der Waals surface area contributed by atoms with E-state index in [0.29, 0.717) is 17.5 Å². The van der Waals surface area contributed by atoms with Crippen molar-refractivity contribution in [3.05, 3.63) is 212 Å². The second-order valence-corrected chi connectivity index (χ2v) is 16.0. The number of fused-ring (bicyclic) bond motifs is 9. The zero-order valence-electron chi connectivity index (χ0n) is 33.9. The number of benzene rings is 9. The first-order chi connectivity index (χ1) is 31.2. The van der Waals surface area contributed by atoms with E-state index in [9.17, 15) is 0 Å². The average Bonchev–Trinajstić information content (AvgIpc) is 4.01. The molecule has 13 aromatic rings. The van der Waals surface area contributed by atoms with Crippen molar-refractivity contribution in [3.8, 4) is 56.7 Å². The molecule has 4 aromatic heterocycles. The first-order valence-electron chi connectivity index (χ1n) is 21.2. The van der Waals surface area contributed by atoms with Crippen molar-refractivity contribution in [3.63, 3.8) is 0 Å². The molecule has 4 heterocycles. The van der Waals surface area contributed by atoms with Crippen molar-refractivity contribution in [1.29, 1.82) is 0 Å². The molecule has 0 saturated carbocycles. The normalized spacial score (nSPS) is 11.8. The summed E-state index contributed by atoms with van der Waals surface area (Å²) in [6.45, 7) is 0. The molecule has 9 aromatic carbocycles. The number of rotatable bonds is 6. The number of para-hydroxylation sites is 3. The summed E-state index contributed by atoms with van der Waals surface area (Å²) in [6, 6.07) is 74.4. The van der Waals surface area contributed by atoms with Gasteiger partial charge in [0.1, 0.15) is 11.2 Å². The highest BCUT2D eigenvalue weighted by Gasteiger charge is 2.21. The summed E-state index contributed by atoms with van der Waals surface area (Å²) in [7, 11) is 0. The molecule has 294 valence electrons. The molecule has 0 unspecified atom stereocenters. The van der Waals surface area contributed by atoms with Gasteiger partial charge in [-0.1, -0.05) is 152 Å². The molecule has 0 amide bonds. The van der Waals surface area contributed by atoms with E-state index in [2.05, 4.69) is 179 Å². The maximum Gasteiger partial charge on any atom is 0.164 e. The minimum Gasteiger partial charge on any atom is -0.456 e. The predicted molar refractivity (Wildman–Crippen MR) is 258 cm³/mol. The lowest BCUT2D eigenvalue weighted by molar-refractivity contribution is 0.668. The van der Waals surface area contributed by atoms with Gasteiger partial charge in [-0.15, -0.1) is 0 Å². The SMILES string of the molecule is c1ccc(-c2ccc3c4ccccc4n(-c4ccc5c(c4)oc4cccc(-c6nc(-c7ccccc7)nc(-c7ccc8c9ccccc9n(-c9ccccc9)c8c7)n6)c45)c3c2)cc1. The molecule has 63 heavy (non-hydrogen) atoms. The second-order valence-electron chi connectivity index (χ2n) is 16.0. The molecule has 0 bridgehead atoms. The quantitative estimate of drug-likeness (QED) is 0.168. The minimum absolute atomic E-state index is 0.579. The highest BCUT2D eigenvalue weighted by Crippen LogP contribution is 2.41. The van der Waals surface area contributed by atoms with Gasteiger partial charge in [0, 0.05) is 66.4 Å². The van der Waals surface area contributed by atoms with Crippen LogP contribution >= 0.6 is 0 Å². The van der Waals surface area contributed by atoms with Crippen LogP contribution in [0, 0.1) is 0 Å². The second kappa shape index (κ2) is 14.0. The standard InChI is InChI=1S/C57H35N5O/c1-4-15-36(16-5-1)38-27-30-44-43-22-11-13-25-49(43)62(50(44)33-38)41-29-32-46-53(35-41)63-52-26-14-23-47(54(46)52)57-59-55(37-17-6-2-7-18-37)58-56(60-57)39-28-31-45-42-21-10-12-24-48(42)61(51(45)34-39)40-19-8-3-9-20-40/h1-35H. The van der Waals surface area contributed by atoms with Gasteiger partial charge in [-0.05, 0) is 65.7 Å². The molecule has 0 radical (unpaired) electrons. The van der Waals surface area contributed by atoms with Gasteiger partial charge in [-0.25, -0.2) is 15.0 Å². The summed E-state index contributed by atoms with van der Waals surface area (Å²) in [5, 5.41) is 6.73. The highest BCUT2D eigenvalue weighted by molar-refractivity contribution is 6.14. The maximum absolute atomic E-state index is 6.75. The third-order valence-corrected chi connectivity index (χ3v) is 12.4. The summed E-state index contributed by atoms with van der Waals surface area (Å²) >= 11 is 0. The molecule has 0 atom stereocenters. The molecule has 0 saturated heterocycles. The van der Waals surface area contributed by atoms with Crippen molar-refractivity contribution in [2.45, 2.75) is 0 Å². The van der Waals surface area contributed by atoms with Crippen LogP contribution in [0.2, 0.25) is 0 Å². The fraction of sp³-hybridized carbons (Fsp3) is 0. The molecule has 0 aliphatic heterocycles. The Labute approximate surface area is 361 Å². The molecule has 0 aliphatic carbocycles. The number of furan rings is 1. The molecule has 0 fully saturated rings. The van der Waals surface area contributed by atoms with Crippen molar-refractivity contribution >= 4 is 65.6 Å². The van der Waals surface area contributed by atoms with Crippen LogP contribution < -0.4 is 0 Å². The van der Waals surface area contributed by atoms with Gasteiger partial charge >= 0.3 is 0 Å². The van der Waals surface area contributed by atoms with Crippen LogP contribution in [0.5, 0.6) is 0 Å². The summed E-state index contributed by atoms with van der Waals surface area (Å²) in [5.41, 5.74) is 13.2. The Morgan fingerprint density at radius 3 is 1.52 bits per heavy atom. The van der Waals surface area contributed by atoms with Gasteiger partial charge < -0.3 is 13.6 Å². The van der Waals surface area contributed by atoms with Crippen molar-refractivity contribution in [2.75, 3.05) is 0 Å². The van der Waals surface area contributed by atoms with Crippen LogP contribution in [-0.2, 0) is 0 Å². The van der Waals surface area contributed by atoms with Crippen LogP contribution in [0.15, 0.2) is 217 Å². The summed E-state index contributed by atoms with van der Waals surface area (Å²) in [4.78, 5) is 15.6. The Kier molecular flexibility index (Phi) is 7.80. The van der Waals surface area contributed by atoms with E-state index in [-0.39, 0.29) is 0 Å². The fourth-order valence-electron chi connectivity index (χ4n) is 9.51. The number of nitrogens with zero attached hydrogens (tertiary/aromatic N) is 5. The monoisotopic (exact) mass is 805 g/mol. The molecular weight excluding hydrogens is 771 g/mol. The lowest BCUT2D eigenvalue weighted by Gasteiger charge is -2.11. The van der Waals surface area contributed by atoms with Gasteiger partial charge in [0.2, 0.25) is 0 Å². The Hall–Kier alpha value is -8.61. The maximum atomic E-state index is 6.75. The molecule has 13 rings (SSSR count). The fourth-order valence-corrected chi connectivity index (χ4v) is 9.51. The van der Waals surface area contributed by atoms with E-state index in [4.69, 9.17) is 19.4 Å². The highest BCUT2D eigenvalue weighted by atomic mass is 16.3. The van der Waals surface area contributed by atoms with Crippen molar-refractivity contribution < 1.29 is 4.42 Å². The Bertz CT molecular complexity index is 3900. The van der Waals surface area contributed by atoms with Crippen LogP contribution in [-0.4, -0.2) is 24.1 Å². The molecule has 0 spiro atoms. The Morgan fingerprint density at radius 1 is 0.302 bits per heavy atom. The largest absolute Gasteiger partial charge is 0.456 e. The first kappa shape index (κ1) is 35.2. The minimum atomic E-state index is 0.579. The predicted octanol–water partition coefficient (Wildman–Crippen LogP) is 14.6. The third-order valence-electron chi connectivity index (χ3n) is 12.4. The smallest absolute Gasteiger partial charge is 0.164 e. The van der Waals surface area contributed by atoms with Gasteiger partial charge in [-0.3, -0.25) is 0 Å². The van der Waals surface area contributed by atoms with E-state index < -0.39 is 0 Å². The molecule has 6 heteroatoms. The van der Waals surface area contributed by atoms with E-state index >= 15 is 0 Å². The number of hydrogen-bond acceptors (Lipinski definition) is 4. The third kappa shape index (κ3) is 5.62. The molecule has 0 N–H and O–H groups in total. The lowest BCUT2D eigenvalue weighted by atomic mass is 10.0.